The first-order valence-electron chi connectivity index (χ1n) is 8.24. The molecule has 0 aliphatic carbocycles. The first-order chi connectivity index (χ1) is 13.3. The minimum Gasteiger partial charge on any atom is -0.486 e. The van der Waals surface area contributed by atoms with Crippen LogP contribution < -0.4 is 10.1 Å². The molecule has 0 aliphatic heterocycles. The van der Waals surface area contributed by atoms with E-state index in [0.29, 0.717) is 32.0 Å². The smallest absolute Gasteiger partial charge is 0.271 e. The van der Waals surface area contributed by atoms with Crippen LogP contribution in [0, 0.1) is 24.0 Å². The van der Waals surface area contributed by atoms with Crippen molar-refractivity contribution in [3.8, 4) is 5.75 Å². The number of rotatable bonds is 6. The summed E-state index contributed by atoms with van der Waals surface area (Å²) in [5, 5.41) is 14.9. The summed E-state index contributed by atoms with van der Waals surface area (Å²) in [7, 11) is 0. The molecule has 28 heavy (non-hydrogen) atoms. The van der Waals surface area contributed by atoms with Crippen molar-refractivity contribution in [2.75, 3.05) is 5.32 Å². The highest BCUT2D eigenvalue weighted by Gasteiger charge is 2.18. The maximum absolute atomic E-state index is 12.6. The van der Waals surface area contributed by atoms with Gasteiger partial charge in [0.15, 0.2) is 0 Å². The van der Waals surface area contributed by atoms with Gasteiger partial charge in [0, 0.05) is 17.2 Å². The molecule has 0 bridgehead atoms. The van der Waals surface area contributed by atoms with Crippen molar-refractivity contribution in [1.82, 2.24) is 4.98 Å². The van der Waals surface area contributed by atoms with E-state index >= 15 is 0 Å². The van der Waals surface area contributed by atoms with Crippen LogP contribution >= 0.6 is 22.9 Å². The Hall–Kier alpha value is -2.97. The van der Waals surface area contributed by atoms with Crippen LogP contribution in [0.1, 0.15) is 25.9 Å². The zero-order valence-corrected chi connectivity index (χ0v) is 16.6. The number of nitro benzene ring substituents is 1. The van der Waals surface area contributed by atoms with Crippen molar-refractivity contribution in [2.24, 2.45) is 0 Å². The number of aryl methyl sites for hydroxylation is 2. The van der Waals surface area contributed by atoms with Crippen LogP contribution in [-0.2, 0) is 6.61 Å². The van der Waals surface area contributed by atoms with Gasteiger partial charge in [-0.3, -0.25) is 14.9 Å². The number of benzene rings is 2. The van der Waals surface area contributed by atoms with E-state index in [0.717, 1.165) is 5.56 Å². The zero-order valence-electron chi connectivity index (χ0n) is 15.1. The Morgan fingerprint density at radius 2 is 1.96 bits per heavy atom. The lowest BCUT2D eigenvalue weighted by atomic mass is 10.2. The number of hydrogen-bond donors (Lipinski definition) is 1. The molecule has 7 nitrogen and oxygen atoms in total. The number of nitrogens with one attached hydrogen (secondary N) is 1. The van der Waals surface area contributed by atoms with E-state index in [4.69, 9.17) is 16.3 Å². The second-order valence-corrected chi connectivity index (χ2v) is 7.50. The number of nitrogens with zero attached hydrogens (tertiary/aromatic N) is 2. The molecule has 9 heteroatoms. The monoisotopic (exact) mass is 417 g/mol. The molecule has 144 valence electrons. The fraction of sp³-hybridized carbons (Fsp3) is 0.158. The van der Waals surface area contributed by atoms with Gasteiger partial charge in [-0.25, -0.2) is 4.98 Å². The first kappa shape index (κ1) is 19.8. The third-order valence-electron chi connectivity index (χ3n) is 3.90. The minimum atomic E-state index is -0.501. The van der Waals surface area contributed by atoms with Gasteiger partial charge in [0.2, 0.25) is 0 Å². The van der Waals surface area contributed by atoms with Crippen molar-refractivity contribution in [3.05, 3.63) is 78.7 Å². The van der Waals surface area contributed by atoms with Gasteiger partial charge >= 0.3 is 0 Å². The molecule has 0 saturated heterocycles. The molecule has 0 saturated carbocycles. The van der Waals surface area contributed by atoms with Crippen LogP contribution in [0.4, 0.5) is 11.4 Å². The summed E-state index contributed by atoms with van der Waals surface area (Å²) in [5.41, 5.74) is 1.61. The number of nitro groups is 1. The van der Waals surface area contributed by atoms with Crippen molar-refractivity contribution in [2.45, 2.75) is 20.5 Å². The second kappa shape index (κ2) is 8.37. The number of aromatic nitrogens is 1. The SMILES string of the molecule is Cc1ccc([N+](=O)[O-])cc1NC(=O)c1sc(COc2ccc(Cl)cc2)nc1C. The van der Waals surface area contributed by atoms with Crippen molar-refractivity contribution < 1.29 is 14.5 Å². The summed E-state index contributed by atoms with van der Waals surface area (Å²) in [6, 6.07) is 11.3. The Morgan fingerprint density at radius 1 is 1.25 bits per heavy atom. The van der Waals surface area contributed by atoms with E-state index in [1.165, 1.54) is 23.5 Å². The molecule has 0 atom stereocenters. The molecule has 1 N–H and O–H groups in total. The summed E-state index contributed by atoms with van der Waals surface area (Å²) in [4.78, 5) is 27.9. The Labute approximate surface area is 170 Å². The molecule has 0 spiro atoms. The molecule has 0 unspecified atom stereocenters. The van der Waals surface area contributed by atoms with E-state index in [9.17, 15) is 14.9 Å². The molecule has 3 rings (SSSR count). The van der Waals surface area contributed by atoms with Crippen LogP contribution in [0.2, 0.25) is 5.02 Å². The number of non-ortho nitro benzene ring substituents is 1. The number of ether oxygens (including phenoxy) is 1. The van der Waals surface area contributed by atoms with E-state index in [1.807, 2.05) is 0 Å². The van der Waals surface area contributed by atoms with E-state index in [-0.39, 0.29) is 18.2 Å². The lowest BCUT2D eigenvalue weighted by molar-refractivity contribution is -0.384. The molecule has 0 radical (unpaired) electrons. The van der Waals surface area contributed by atoms with Crippen LogP contribution in [0.5, 0.6) is 5.75 Å². The highest BCUT2D eigenvalue weighted by atomic mass is 35.5. The quantitative estimate of drug-likeness (QED) is 0.442. The molecular weight excluding hydrogens is 402 g/mol. The number of hydrogen-bond acceptors (Lipinski definition) is 6. The summed E-state index contributed by atoms with van der Waals surface area (Å²) in [6.07, 6.45) is 0. The van der Waals surface area contributed by atoms with Gasteiger partial charge in [0.05, 0.1) is 16.3 Å². The third-order valence-corrected chi connectivity index (χ3v) is 5.28. The number of halogens is 1. The predicted octanol–water partition coefficient (Wildman–Crippen LogP) is 5.15. The maximum Gasteiger partial charge on any atom is 0.271 e. The second-order valence-electron chi connectivity index (χ2n) is 5.98. The van der Waals surface area contributed by atoms with Crippen LogP contribution in [-0.4, -0.2) is 15.8 Å². The highest BCUT2D eigenvalue weighted by molar-refractivity contribution is 7.13. The Kier molecular flexibility index (Phi) is 5.91. The van der Waals surface area contributed by atoms with Gasteiger partial charge in [0.25, 0.3) is 11.6 Å². The average Bonchev–Trinajstić information content (AvgIpc) is 3.03. The summed E-state index contributed by atoms with van der Waals surface area (Å²) in [6.45, 7) is 3.72. The average molecular weight is 418 g/mol. The van der Waals surface area contributed by atoms with Gasteiger partial charge in [-0.05, 0) is 43.7 Å². The summed E-state index contributed by atoms with van der Waals surface area (Å²) < 4.78 is 5.66. The third kappa shape index (κ3) is 4.65. The summed E-state index contributed by atoms with van der Waals surface area (Å²) >= 11 is 7.06. The standard InChI is InChI=1S/C19H16ClN3O4S/c1-11-3-6-14(23(25)26)9-16(11)22-19(24)18-12(2)21-17(28-18)10-27-15-7-4-13(20)5-8-15/h3-9H,10H2,1-2H3,(H,22,24). The fourth-order valence-corrected chi connectivity index (χ4v) is 3.44. The molecule has 1 amide bonds. The Balaban J connectivity index is 1.72. The van der Waals surface area contributed by atoms with Crippen LogP contribution in [0.15, 0.2) is 42.5 Å². The molecule has 3 aromatic rings. The Bertz CT molecular complexity index is 1030. The van der Waals surface area contributed by atoms with Gasteiger partial charge in [-0.15, -0.1) is 11.3 Å². The molecule has 1 heterocycles. The number of anilines is 1. The minimum absolute atomic E-state index is 0.0843. The van der Waals surface area contributed by atoms with Crippen LogP contribution in [0.25, 0.3) is 0 Å². The number of amides is 1. The maximum atomic E-state index is 12.6. The molecule has 0 aliphatic rings. The van der Waals surface area contributed by atoms with Crippen molar-refractivity contribution >= 4 is 40.2 Å². The van der Waals surface area contributed by atoms with Crippen LogP contribution in [0.3, 0.4) is 0 Å². The number of carbonyl (C=O) groups is 1. The van der Waals surface area contributed by atoms with E-state index < -0.39 is 4.92 Å². The fourth-order valence-electron chi connectivity index (χ4n) is 2.44. The topological polar surface area (TPSA) is 94.4 Å². The first-order valence-corrected chi connectivity index (χ1v) is 9.44. The predicted molar refractivity (Wildman–Crippen MR) is 108 cm³/mol. The van der Waals surface area contributed by atoms with Gasteiger partial charge in [-0.1, -0.05) is 17.7 Å². The Morgan fingerprint density at radius 3 is 2.64 bits per heavy atom. The molecular formula is C19H16ClN3O4S. The van der Waals surface area contributed by atoms with E-state index in [2.05, 4.69) is 10.3 Å². The van der Waals surface area contributed by atoms with Gasteiger partial charge in [0.1, 0.15) is 22.2 Å². The van der Waals surface area contributed by atoms with Crippen molar-refractivity contribution in [1.29, 1.82) is 0 Å². The normalized spacial score (nSPS) is 10.5. The van der Waals surface area contributed by atoms with E-state index in [1.54, 1.807) is 44.2 Å². The lowest BCUT2D eigenvalue weighted by Crippen LogP contribution is -2.12. The number of thiazole rings is 1. The zero-order chi connectivity index (χ0) is 20.3. The highest BCUT2D eigenvalue weighted by Crippen LogP contribution is 2.25. The van der Waals surface area contributed by atoms with Gasteiger partial charge < -0.3 is 10.1 Å². The molecule has 0 fully saturated rings. The molecule has 1 aromatic heterocycles. The van der Waals surface area contributed by atoms with Crippen molar-refractivity contribution in [3.63, 3.8) is 0 Å². The largest absolute Gasteiger partial charge is 0.486 e. The molecule has 2 aromatic carbocycles. The summed E-state index contributed by atoms with van der Waals surface area (Å²) in [5.74, 6) is 0.284. The lowest BCUT2D eigenvalue weighted by Gasteiger charge is -2.07. The van der Waals surface area contributed by atoms with Gasteiger partial charge in [-0.2, -0.15) is 0 Å². The number of carbonyl (C=O) groups excluding carboxylic acids is 1.